The number of urea groups is 1. The maximum Gasteiger partial charge on any atom is 0.315 e. The molecule has 3 rings (SSSR count). The van der Waals surface area contributed by atoms with Gasteiger partial charge in [-0.05, 0) is 25.8 Å². The average Bonchev–Trinajstić information content (AvgIpc) is 3.08. The molecule has 0 spiro atoms. The van der Waals surface area contributed by atoms with Gasteiger partial charge in [0.15, 0.2) is 0 Å². The number of hydrogen-bond acceptors (Lipinski definition) is 5. The molecule has 8 heteroatoms. The lowest BCUT2D eigenvalue weighted by Gasteiger charge is -2.33. The Morgan fingerprint density at radius 1 is 1.38 bits per heavy atom. The minimum Gasteiger partial charge on any atom is -0.339 e. The van der Waals surface area contributed by atoms with Gasteiger partial charge >= 0.3 is 6.03 Å². The van der Waals surface area contributed by atoms with Crippen molar-refractivity contribution in [3.8, 4) is 0 Å². The summed E-state index contributed by atoms with van der Waals surface area (Å²) in [6.45, 7) is 4.32. The Kier molecular flexibility index (Phi) is 5.25. The SMILES string of the molecule is C[C@@H](Cn1ccnc1)NC(=O)N[C@@H]1CCCN(c2ncccn2)C1. The summed E-state index contributed by atoms with van der Waals surface area (Å²) in [4.78, 5) is 26.9. The van der Waals surface area contributed by atoms with Gasteiger partial charge in [-0.3, -0.25) is 0 Å². The first-order valence-corrected chi connectivity index (χ1v) is 8.25. The van der Waals surface area contributed by atoms with Crippen LogP contribution >= 0.6 is 0 Å². The van der Waals surface area contributed by atoms with Crippen LogP contribution < -0.4 is 15.5 Å². The molecule has 1 saturated heterocycles. The van der Waals surface area contributed by atoms with Gasteiger partial charge in [0.2, 0.25) is 5.95 Å². The lowest BCUT2D eigenvalue weighted by Crippen LogP contribution is -2.52. The van der Waals surface area contributed by atoms with Gasteiger partial charge in [-0.2, -0.15) is 0 Å². The topological polar surface area (TPSA) is 88.0 Å². The van der Waals surface area contributed by atoms with E-state index < -0.39 is 0 Å². The van der Waals surface area contributed by atoms with Crippen molar-refractivity contribution in [3.05, 3.63) is 37.2 Å². The minimum atomic E-state index is -0.136. The second-order valence-electron chi connectivity index (χ2n) is 6.11. The number of amides is 2. The molecule has 3 heterocycles. The number of imidazole rings is 1. The number of nitrogens with zero attached hydrogens (tertiary/aromatic N) is 5. The maximum absolute atomic E-state index is 12.2. The number of piperidine rings is 1. The molecular weight excluding hydrogens is 306 g/mol. The van der Waals surface area contributed by atoms with E-state index in [0.717, 1.165) is 31.9 Å². The standard InChI is InChI=1S/C16H23N7O/c1-13(10-22-9-7-17-12-22)20-16(24)21-14-4-2-8-23(11-14)15-18-5-3-6-19-15/h3,5-7,9,12-14H,2,4,8,10-11H2,1H3,(H2,20,21,24)/t13-,14+/m0/s1. The molecule has 1 aliphatic rings. The van der Waals surface area contributed by atoms with E-state index in [1.807, 2.05) is 17.7 Å². The van der Waals surface area contributed by atoms with Crippen LogP contribution in [0.2, 0.25) is 0 Å². The predicted molar refractivity (Wildman–Crippen MR) is 90.6 cm³/mol. The number of hydrogen-bond donors (Lipinski definition) is 2. The van der Waals surface area contributed by atoms with Gasteiger partial charge in [0, 0.05) is 56.5 Å². The molecule has 8 nitrogen and oxygen atoms in total. The molecule has 2 aromatic heterocycles. The molecule has 24 heavy (non-hydrogen) atoms. The zero-order valence-electron chi connectivity index (χ0n) is 13.8. The van der Waals surface area contributed by atoms with Crippen LogP contribution in [-0.4, -0.2) is 50.7 Å². The smallest absolute Gasteiger partial charge is 0.315 e. The Labute approximate surface area is 141 Å². The van der Waals surface area contributed by atoms with Gasteiger partial charge in [0.1, 0.15) is 0 Å². The highest BCUT2D eigenvalue weighted by Gasteiger charge is 2.23. The fraction of sp³-hybridized carbons (Fsp3) is 0.500. The molecule has 0 aliphatic carbocycles. The van der Waals surface area contributed by atoms with Gasteiger partial charge in [0.05, 0.1) is 6.33 Å². The van der Waals surface area contributed by atoms with E-state index in [1.165, 1.54) is 0 Å². The van der Waals surface area contributed by atoms with E-state index in [0.29, 0.717) is 6.54 Å². The highest BCUT2D eigenvalue weighted by atomic mass is 16.2. The number of anilines is 1. The number of aromatic nitrogens is 4. The van der Waals surface area contributed by atoms with Crippen molar-refractivity contribution >= 4 is 12.0 Å². The van der Waals surface area contributed by atoms with Crippen molar-refractivity contribution in [1.29, 1.82) is 0 Å². The van der Waals surface area contributed by atoms with E-state index in [1.54, 1.807) is 31.0 Å². The Morgan fingerprint density at radius 2 is 2.21 bits per heavy atom. The Bertz CT molecular complexity index is 631. The van der Waals surface area contributed by atoms with Crippen molar-refractivity contribution in [2.45, 2.75) is 38.4 Å². The first kappa shape index (κ1) is 16.2. The summed E-state index contributed by atoms with van der Waals surface area (Å²) < 4.78 is 1.94. The number of rotatable bonds is 5. The van der Waals surface area contributed by atoms with Gasteiger partial charge in [-0.25, -0.2) is 19.7 Å². The first-order valence-electron chi connectivity index (χ1n) is 8.25. The molecule has 2 aromatic rings. The molecule has 2 N–H and O–H groups in total. The van der Waals surface area contributed by atoms with Gasteiger partial charge in [0.25, 0.3) is 0 Å². The molecule has 0 radical (unpaired) electrons. The molecule has 0 saturated carbocycles. The van der Waals surface area contributed by atoms with Gasteiger partial charge in [-0.1, -0.05) is 0 Å². The van der Waals surface area contributed by atoms with Crippen molar-refractivity contribution in [3.63, 3.8) is 0 Å². The van der Waals surface area contributed by atoms with Crippen LogP contribution in [0.4, 0.5) is 10.7 Å². The normalized spacial score (nSPS) is 18.9. The van der Waals surface area contributed by atoms with Crippen LogP contribution in [0, 0.1) is 0 Å². The van der Waals surface area contributed by atoms with Crippen LogP contribution in [-0.2, 0) is 6.54 Å². The molecule has 2 amide bonds. The van der Waals surface area contributed by atoms with E-state index >= 15 is 0 Å². The molecule has 1 fully saturated rings. The molecule has 2 atom stereocenters. The summed E-state index contributed by atoms with van der Waals surface area (Å²) >= 11 is 0. The molecule has 0 bridgehead atoms. The van der Waals surface area contributed by atoms with Crippen molar-refractivity contribution < 1.29 is 4.79 Å². The zero-order chi connectivity index (χ0) is 16.8. The molecule has 128 valence electrons. The second-order valence-corrected chi connectivity index (χ2v) is 6.11. The predicted octanol–water partition coefficient (Wildman–Crippen LogP) is 1.03. The third-order valence-electron chi connectivity index (χ3n) is 4.01. The van der Waals surface area contributed by atoms with Crippen LogP contribution in [0.1, 0.15) is 19.8 Å². The fourth-order valence-electron chi connectivity index (χ4n) is 2.94. The molecule has 1 aliphatic heterocycles. The van der Waals surface area contributed by atoms with E-state index in [2.05, 4.69) is 30.5 Å². The van der Waals surface area contributed by atoms with E-state index in [9.17, 15) is 4.79 Å². The zero-order valence-corrected chi connectivity index (χ0v) is 13.8. The number of carbonyl (C=O) groups excluding carboxylic acids is 1. The van der Waals surface area contributed by atoms with Crippen molar-refractivity contribution in [2.24, 2.45) is 0 Å². The van der Waals surface area contributed by atoms with Crippen LogP contribution in [0.15, 0.2) is 37.2 Å². The third-order valence-corrected chi connectivity index (χ3v) is 4.01. The molecular formula is C16H23N7O. The van der Waals surface area contributed by atoms with Gasteiger partial charge < -0.3 is 20.1 Å². The lowest BCUT2D eigenvalue weighted by molar-refractivity contribution is 0.230. The quantitative estimate of drug-likeness (QED) is 0.855. The average molecular weight is 329 g/mol. The van der Waals surface area contributed by atoms with E-state index in [4.69, 9.17) is 0 Å². The van der Waals surface area contributed by atoms with Crippen LogP contribution in [0.3, 0.4) is 0 Å². The summed E-state index contributed by atoms with van der Waals surface area (Å²) in [6.07, 6.45) is 10.8. The molecule has 0 aromatic carbocycles. The monoisotopic (exact) mass is 329 g/mol. The maximum atomic E-state index is 12.2. The molecule has 0 unspecified atom stereocenters. The summed E-state index contributed by atoms with van der Waals surface area (Å²) in [6, 6.07) is 1.79. The van der Waals surface area contributed by atoms with E-state index in [-0.39, 0.29) is 18.1 Å². The lowest BCUT2D eigenvalue weighted by atomic mass is 10.1. The number of carbonyl (C=O) groups is 1. The second kappa shape index (κ2) is 7.76. The summed E-state index contributed by atoms with van der Waals surface area (Å²) in [7, 11) is 0. The first-order chi connectivity index (χ1) is 11.7. The minimum absolute atomic E-state index is 0.0244. The Morgan fingerprint density at radius 3 is 2.96 bits per heavy atom. The summed E-state index contributed by atoms with van der Waals surface area (Å²) in [5.41, 5.74) is 0. The Hall–Kier alpha value is -2.64. The van der Waals surface area contributed by atoms with Crippen LogP contribution in [0.5, 0.6) is 0 Å². The summed E-state index contributed by atoms with van der Waals surface area (Å²) in [5, 5.41) is 6.03. The van der Waals surface area contributed by atoms with Gasteiger partial charge in [-0.15, -0.1) is 0 Å². The largest absolute Gasteiger partial charge is 0.339 e. The Balaban J connectivity index is 1.47. The summed E-state index contributed by atoms with van der Waals surface area (Å²) in [5.74, 6) is 0.720. The highest BCUT2D eigenvalue weighted by Crippen LogP contribution is 2.15. The highest BCUT2D eigenvalue weighted by molar-refractivity contribution is 5.74. The van der Waals surface area contributed by atoms with Crippen molar-refractivity contribution in [2.75, 3.05) is 18.0 Å². The van der Waals surface area contributed by atoms with Crippen molar-refractivity contribution in [1.82, 2.24) is 30.2 Å². The third kappa shape index (κ3) is 4.43. The fourth-order valence-corrected chi connectivity index (χ4v) is 2.94. The number of nitrogens with one attached hydrogen (secondary N) is 2. The van der Waals surface area contributed by atoms with Crippen LogP contribution in [0.25, 0.3) is 0 Å².